The minimum atomic E-state index is 0.916. The van der Waals surface area contributed by atoms with Crippen molar-refractivity contribution in [3.05, 3.63) is 24.3 Å². The second kappa shape index (κ2) is 11.3. The first-order chi connectivity index (χ1) is 14.2. The van der Waals surface area contributed by atoms with Gasteiger partial charge in [-0.3, -0.25) is 4.99 Å². The molecule has 0 amide bonds. The van der Waals surface area contributed by atoms with Crippen LogP contribution in [-0.2, 0) is 0 Å². The summed E-state index contributed by atoms with van der Waals surface area (Å²) in [7, 11) is 3.64. The topological polar surface area (TPSA) is 43.3 Å². The Morgan fingerprint density at radius 2 is 1.79 bits per heavy atom. The Morgan fingerprint density at radius 1 is 1.07 bits per heavy atom. The van der Waals surface area contributed by atoms with Crippen LogP contribution in [-0.4, -0.2) is 82.3 Å². The minimum absolute atomic E-state index is 0.916. The van der Waals surface area contributed by atoms with Gasteiger partial charge in [-0.1, -0.05) is 19.1 Å². The van der Waals surface area contributed by atoms with Gasteiger partial charge in [0.2, 0.25) is 0 Å². The van der Waals surface area contributed by atoms with E-state index in [9.17, 15) is 0 Å². The summed E-state index contributed by atoms with van der Waals surface area (Å²) >= 11 is 0. The predicted molar refractivity (Wildman–Crippen MR) is 122 cm³/mol. The number of anilines is 1. The van der Waals surface area contributed by atoms with Crippen molar-refractivity contribution in [3.63, 3.8) is 0 Å². The maximum atomic E-state index is 5.52. The van der Waals surface area contributed by atoms with E-state index in [0.29, 0.717) is 0 Å². The lowest BCUT2D eigenvalue weighted by atomic mass is 9.99. The van der Waals surface area contributed by atoms with Gasteiger partial charge in [0.05, 0.1) is 12.8 Å². The number of hydrogen-bond acceptors (Lipinski definition) is 4. The molecule has 0 aliphatic carbocycles. The molecular formula is C23H39N5O. The SMILES string of the molecule is CN=C(NCCCCN1CCC(C)CC1)N1CCN(c2ccccc2OC)CC1. The monoisotopic (exact) mass is 401 g/mol. The van der Waals surface area contributed by atoms with Gasteiger partial charge in [0, 0.05) is 39.8 Å². The molecule has 3 rings (SSSR count). The minimum Gasteiger partial charge on any atom is -0.495 e. The number of hydrogen-bond donors (Lipinski definition) is 1. The third kappa shape index (κ3) is 6.26. The van der Waals surface area contributed by atoms with E-state index in [-0.39, 0.29) is 0 Å². The number of nitrogens with zero attached hydrogens (tertiary/aromatic N) is 4. The molecule has 0 bridgehead atoms. The van der Waals surface area contributed by atoms with Crippen molar-refractivity contribution in [2.24, 2.45) is 10.9 Å². The van der Waals surface area contributed by atoms with E-state index in [0.717, 1.165) is 50.4 Å². The Bertz CT molecular complexity index is 634. The molecule has 1 aromatic carbocycles. The summed E-state index contributed by atoms with van der Waals surface area (Å²) < 4.78 is 5.52. The largest absolute Gasteiger partial charge is 0.495 e. The number of ether oxygens (including phenoxy) is 1. The van der Waals surface area contributed by atoms with Gasteiger partial charge in [-0.15, -0.1) is 0 Å². The van der Waals surface area contributed by atoms with Crippen LogP contribution in [0, 0.1) is 5.92 Å². The number of piperazine rings is 1. The lowest BCUT2D eigenvalue weighted by Crippen LogP contribution is -2.52. The number of aliphatic imine (C=N–C) groups is 1. The summed E-state index contributed by atoms with van der Waals surface area (Å²) in [4.78, 5) is 11.9. The van der Waals surface area contributed by atoms with Crippen molar-refractivity contribution in [3.8, 4) is 5.75 Å². The molecule has 0 aromatic heterocycles. The molecule has 0 spiro atoms. The summed E-state index contributed by atoms with van der Waals surface area (Å²) in [6.45, 7) is 11.1. The molecule has 0 saturated carbocycles. The lowest BCUT2D eigenvalue weighted by Gasteiger charge is -2.38. The van der Waals surface area contributed by atoms with Gasteiger partial charge in [0.15, 0.2) is 5.96 Å². The number of unbranched alkanes of at least 4 members (excludes halogenated alkanes) is 1. The summed E-state index contributed by atoms with van der Waals surface area (Å²) in [5.41, 5.74) is 1.18. The molecule has 0 unspecified atom stereocenters. The van der Waals surface area contributed by atoms with Gasteiger partial charge in [-0.25, -0.2) is 0 Å². The van der Waals surface area contributed by atoms with Gasteiger partial charge >= 0.3 is 0 Å². The maximum absolute atomic E-state index is 5.52. The van der Waals surface area contributed by atoms with Crippen LogP contribution in [0.15, 0.2) is 29.3 Å². The fourth-order valence-electron chi connectivity index (χ4n) is 4.33. The predicted octanol–water partition coefficient (Wildman–Crippen LogP) is 2.90. The zero-order valence-electron chi connectivity index (χ0n) is 18.6. The van der Waals surface area contributed by atoms with Gasteiger partial charge in [0.1, 0.15) is 5.75 Å². The number of piperidine rings is 1. The Morgan fingerprint density at radius 3 is 2.48 bits per heavy atom. The van der Waals surface area contributed by atoms with Crippen LogP contribution in [0.4, 0.5) is 5.69 Å². The third-order valence-electron chi connectivity index (χ3n) is 6.28. The van der Waals surface area contributed by atoms with Crippen LogP contribution in [0.3, 0.4) is 0 Å². The number of methoxy groups -OCH3 is 1. The van der Waals surface area contributed by atoms with E-state index in [1.165, 1.54) is 51.0 Å². The number of benzene rings is 1. The second-order valence-corrected chi connectivity index (χ2v) is 8.35. The number of nitrogens with one attached hydrogen (secondary N) is 1. The zero-order chi connectivity index (χ0) is 20.5. The molecule has 0 atom stereocenters. The van der Waals surface area contributed by atoms with Gasteiger partial charge in [-0.05, 0) is 63.4 Å². The first-order valence-corrected chi connectivity index (χ1v) is 11.3. The van der Waals surface area contributed by atoms with E-state index < -0.39 is 0 Å². The van der Waals surface area contributed by atoms with Crippen molar-refractivity contribution in [2.45, 2.75) is 32.6 Å². The van der Waals surface area contributed by atoms with Gasteiger partial charge in [0.25, 0.3) is 0 Å². The van der Waals surface area contributed by atoms with Crippen molar-refractivity contribution in [2.75, 3.05) is 71.4 Å². The summed E-state index contributed by atoms with van der Waals surface area (Å²) in [5, 5.41) is 3.58. The third-order valence-corrected chi connectivity index (χ3v) is 6.28. The van der Waals surface area contributed by atoms with Crippen LogP contribution < -0.4 is 15.0 Å². The first-order valence-electron chi connectivity index (χ1n) is 11.3. The fraction of sp³-hybridized carbons (Fsp3) is 0.696. The average molecular weight is 402 g/mol. The van der Waals surface area contributed by atoms with Crippen LogP contribution >= 0.6 is 0 Å². The molecule has 2 aliphatic heterocycles. The Kier molecular flexibility index (Phi) is 8.47. The molecule has 162 valence electrons. The molecule has 2 fully saturated rings. The van der Waals surface area contributed by atoms with Crippen LogP contribution in [0.2, 0.25) is 0 Å². The fourth-order valence-corrected chi connectivity index (χ4v) is 4.33. The standard InChI is InChI=1S/C23H39N5O/c1-20-10-14-26(15-11-20)13-7-6-12-25-23(24-2)28-18-16-27(17-19-28)21-8-4-5-9-22(21)29-3/h4-5,8-9,20H,6-7,10-19H2,1-3H3,(H,24,25). The molecule has 1 aromatic rings. The van der Waals surface area contributed by atoms with Crippen LogP contribution in [0.1, 0.15) is 32.6 Å². The summed E-state index contributed by atoms with van der Waals surface area (Å²) in [6.07, 6.45) is 5.20. The molecule has 2 heterocycles. The van der Waals surface area contributed by atoms with Crippen LogP contribution in [0.5, 0.6) is 5.75 Å². The van der Waals surface area contributed by atoms with E-state index in [4.69, 9.17) is 4.74 Å². The highest BCUT2D eigenvalue weighted by Crippen LogP contribution is 2.28. The summed E-state index contributed by atoms with van der Waals surface area (Å²) in [6, 6.07) is 8.28. The number of para-hydroxylation sites is 2. The molecular weight excluding hydrogens is 362 g/mol. The molecule has 6 nitrogen and oxygen atoms in total. The van der Waals surface area contributed by atoms with E-state index in [1.807, 2.05) is 19.2 Å². The molecule has 0 radical (unpaired) electrons. The highest BCUT2D eigenvalue weighted by atomic mass is 16.5. The van der Waals surface area contributed by atoms with Crippen molar-refractivity contribution in [1.29, 1.82) is 0 Å². The van der Waals surface area contributed by atoms with E-state index in [2.05, 4.69) is 44.1 Å². The quantitative estimate of drug-likeness (QED) is 0.432. The second-order valence-electron chi connectivity index (χ2n) is 8.35. The van der Waals surface area contributed by atoms with Crippen molar-refractivity contribution in [1.82, 2.24) is 15.1 Å². The number of rotatable bonds is 7. The molecule has 2 saturated heterocycles. The smallest absolute Gasteiger partial charge is 0.193 e. The Balaban J connectivity index is 1.36. The first kappa shape index (κ1) is 21.8. The van der Waals surface area contributed by atoms with Gasteiger partial charge in [-0.2, -0.15) is 0 Å². The highest BCUT2D eigenvalue weighted by molar-refractivity contribution is 5.80. The highest BCUT2D eigenvalue weighted by Gasteiger charge is 2.21. The number of likely N-dealkylation sites (tertiary alicyclic amines) is 1. The Hall–Kier alpha value is -1.95. The van der Waals surface area contributed by atoms with Gasteiger partial charge < -0.3 is 24.8 Å². The maximum Gasteiger partial charge on any atom is 0.193 e. The van der Waals surface area contributed by atoms with Crippen molar-refractivity contribution < 1.29 is 4.74 Å². The average Bonchev–Trinajstić information content (AvgIpc) is 2.77. The molecule has 29 heavy (non-hydrogen) atoms. The molecule has 2 aliphatic rings. The molecule has 6 heteroatoms. The normalized spacial score (nSPS) is 19.5. The van der Waals surface area contributed by atoms with Crippen molar-refractivity contribution >= 4 is 11.6 Å². The molecule has 1 N–H and O–H groups in total. The zero-order valence-corrected chi connectivity index (χ0v) is 18.6. The lowest BCUT2D eigenvalue weighted by molar-refractivity contribution is 0.189. The van der Waals surface area contributed by atoms with Crippen LogP contribution in [0.25, 0.3) is 0 Å². The van der Waals surface area contributed by atoms with E-state index >= 15 is 0 Å². The van der Waals surface area contributed by atoms with E-state index in [1.54, 1.807) is 7.11 Å². The Labute approximate surface area is 176 Å². The summed E-state index contributed by atoms with van der Waals surface area (Å²) in [5.74, 6) is 2.91. The number of guanidine groups is 1.